The molecule has 0 N–H and O–H groups in total. The fourth-order valence-electron chi connectivity index (χ4n) is 1.04. The third-order valence-electron chi connectivity index (χ3n) is 1.85. The van der Waals surface area contributed by atoms with Crippen molar-refractivity contribution < 1.29 is 9.21 Å². The van der Waals surface area contributed by atoms with Gasteiger partial charge in [-0.05, 0) is 31.2 Å². The number of allylic oxidation sites excluding steroid dienone is 1. The second-order valence-corrected chi connectivity index (χ2v) is 4.40. The normalized spacial score (nSPS) is 12.3. The lowest BCUT2D eigenvalue weighted by molar-refractivity contribution is -0.112. The molecule has 0 bridgehead atoms. The lowest BCUT2D eigenvalue weighted by Gasteiger charge is -2.13. The maximum atomic E-state index is 10.7. The van der Waals surface area contributed by atoms with Crippen LogP contribution in [-0.4, -0.2) is 5.78 Å². The molecule has 1 heterocycles. The molecular formula is C12H16O2. The number of carbonyl (C=O) groups is 1. The predicted octanol–water partition coefficient (Wildman–Crippen LogP) is 3.18. The highest BCUT2D eigenvalue weighted by Crippen LogP contribution is 2.24. The second kappa shape index (κ2) is 3.82. The van der Waals surface area contributed by atoms with Crippen LogP contribution in [0.15, 0.2) is 22.6 Å². The molecular weight excluding hydrogens is 176 g/mol. The van der Waals surface area contributed by atoms with Gasteiger partial charge in [0.2, 0.25) is 0 Å². The summed E-state index contributed by atoms with van der Waals surface area (Å²) >= 11 is 0. The summed E-state index contributed by atoms with van der Waals surface area (Å²) in [5, 5.41) is 0. The molecule has 0 spiro atoms. The molecule has 0 atom stereocenters. The van der Waals surface area contributed by atoms with Crippen molar-refractivity contribution in [2.24, 2.45) is 0 Å². The fourth-order valence-corrected chi connectivity index (χ4v) is 1.04. The number of furan rings is 1. The Balaban J connectivity index is 2.84. The van der Waals surface area contributed by atoms with E-state index in [1.54, 1.807) is 6.08 Å². The number of rotatable bonds is 2. The molecule has 14 heavy (non-hydrogen) atoms. The van der Waals surface area contributed by atoms with E-state index in [0.717, 1.165) is 11.5 Å². The van der Waals surface area contributed by atoms with Crippen molar-refractivity contribution in [3.63, 3.8) is 0 Å². The lowest BCUT2D eigenvalue weighted by atomic mass is 9.94. The van der Waals surface area contributed by atoms with Gasteiger partial charge in [-0.25, -0.2) is 0 Å². The van der Waals surface area contributed by atoms with Gasteiger partial charge in [0.25, 0.3) is 0 Å². The van der Waals surface area contributed by atoms with Gasteiger partial charge in [-0.15, -0.1) is 0 Å². The van der Waals surface area contributed by atoms with Crippen LogP contribution in [0.1, 0.15) is 39.2 Å². The first-order valence-electron chi connectivity index (χ1n) is 4.68. The lowest BCUT2D eigenvalue weighted by Crippen LogP contribution is -2.08. The van der Waals surface area contributed by atoms with Gasteiger partial charge in [0, 0.05) is 5.41 Å². The number of hydrogen-bond acceptors (Lipinski definition) is 2. The van der Waals surface area contributed by atoms with Crippen LogP contribution in [0.2, 0.25) is 0 Å². The maximum Gasteiger partial charge on any atom is 0.152 e. The van der Waals surface area contributed by atoms with Crippen LogP contribution < -0.4 is 0 Å². The molecule has 0 unspecified atom stereocenters. The van der Waals surface area contributed by atoms with Gasteiger partial charge in [0.05, 0.1) is 0 Å². The molecule has 0 aromatic carbocycles. The molecule has 0 amide bonds. The van der Waals surface area contributed by atoms with Gasteiger partial charge in [0.1, 0.15) is 11.5 Å². The summed E-state index contributed by atoms with van der Waals surface area (Å²) in [6.45, 7) is 7.78. The van der Waals surface area contributed by atoms with E-state index in [0.29, 0.717) is 0 Å². The van der Waals surface area contributed by atoms with Gasteiger partial charge in [-0.3, -0.25) is 4.79 Å². The fraction of sp³-hybridized carbons (Fsp3) is 0.417. The molecule has 1 aromatic rings. The summed E-state index contributed by atoms with van der Waals surface area (Å²) < 4.78 is 5.56. The first-order chi connectivity index (χ1) is 6.39. The van der Waals surface area contributed by atoms with E-state index in [9.17, 15) is 4.79 Å². The van der Waals surface area contributed by atoms with Crippen LogP contribution in [0.3, 0.4) is 0 Å². The Morgan fingerprint density at radius 2 is 2.00 bits per heavy atom. The molecule has 2 heteroatoms. The van der Waals surface area contributed by atoms with Gasteiger partial charge < -0.3 is 4.42 Å². The zero-order valence-electron chi connectivity index (χ0n) is 9.13. The summed E-state index contributed by atoms with van der Waals surface area (Å²) in [5.74, 6) is 1.68. The smallest absolute Gasteiger partial charge is 0.152 e. The molecule has 0 fully saturated rings. The largest absolute Gasteiger partial charge is 0.461 e. The zero-order valence-corrected chi connectivity index (χ0v) is 9.13. The van der Waals surface area contributed by atoms with Crippen molar-refractivity contribution >= 4 is 11.9 Å². The first kappa shape index (κ1) is 10.8. The molecule has 0 aliphatic carbocycles. The minimum absolute atomic E-state index is 0.0162. The molecule has 2 nitrogen and oxygen atoms in total. The summed E-state index contributed by atoms with van der Waals surface area (Å²) in [5.41, 5.74) is 0.0162. The Hall–Kier alpha value is -1.31. The molecule has 0 radical (unpaired) electrons. The Morgan fingerprint density at radius 3 is 2.43 bits per heavy atom. The van der Waals surface area contributed by atoms with Gasteiger partial charge >= 0.3 is 0 Å². The van der Waals surface area contributed by atoms with Crippen molar-refractivity contribution in [1.82, 2.24) is 0 Å². The standard InChI is InChI=1S/C12H16O2/c1-9(13)5-6-10-7-8-11(14-10)12(2,3)4/h5-8H,1-4H3/b6-5+. The van der Waals surface area contributed by atoms with Crippen molar-refractivity contribution in [2.75, 3.05) is 0 Å². The van der Waals surface area contributed by atoms with Crippen molar-refractivity contribution in [1.29, 1.82) is 0 Å². The number of ketones is 1. The SMILES string of the molecule is CC(=O)/C=C/c1ccc(C(C)(C)C)o1. The van der Waals surface area contributed by atoms with Crippen LogP contribution in [0.5, 0.6) is 0 Å². The quantitative estimate of drug-likeness (QED) is 0.674. The highest BCUT2D eigenvalue weighted by Gasteiger charge is 2.17. The summed E-state index contributed by atoms with van der Waals surface area (Å²) in [6, 6.07) is 3.82. The van der Waals surface area contributed by atoms with E-state index in [1.807, 2.05) is 12.1 Å². The Bertz CT molecular complexity index is 351. The van der Waals surface area contributed by atoms with Crippen LogP contribution in [-0.2, 0) is 10.2 Å². The van der Waals surface area contributed by atoms with E-state index < -0.39 is 0 Å². The Morgan fingerprint density at radius 1 is 1.36 bits per heavy atom. The Kier molecular flexibility index (Phi) is 2.94. The topological polar surface area (TPSA) is 30.2 Å². The summed E-state index contributed by atoms with van der Waals surface area (Å²) in [6.07, 6.45) is 3.20. The molecule has 0 saturated carbocycles. The van der Waals surface area contributed by atoms with Crippen molar-refractivity contribution in [3.05, 3.63) is 29.7 Å². The third-order valence-corrected chi connectivity index (χ3v) is 1.85. The van der Waals surface area contributed by atoms with Crippen molar-refractivity contribution in [3.8, 4) is 0 Å². The molecule has 0 aliphatic rings. The average Bonchev–Trinajstić information content (AvgIpc) is 2.47. The maximum absolute atomic E-state index is 10.7. The summed E-state index contributed by atoms with van der Waals surface area (Å²) in [4.78, 5) is 10.7. The van der Waals surface area contributed by atoms with Gasteiger partial charge in [0.15, 0.2) is 5.78 Å². The van der Waals surface area contributed by atoms with Crippen molar-refractivity contribution in [2.45, 2.75) is 33.1 Å². The van der Waals surface area contributed by atoms with Gasteiger partial charge in [-0.2, -0.15) is 0 Å². The first-order valence-corrected chi connectivity index (χ1v) is 4.68. The molecule has 0 aliphatic heterocycles. The van der Waals surface area contributed by atoms with Crippen LogP contribution in [0.25, 0.3) is 6.08 Å². The highest BCUT2D eigenvalue weighted by atomic mass is 16.3. The average molecular weight is 192 g/mol. The monoisotopic (exact) mass is 192 g/mol. The molecule has 1 aromatic heterocycles. The number of hydrogen-bond donors (Lipinski definition) is 0. The van der Waals surface area contributed by atoms with E-state index in [-0.39, 0.29) is 11.2 Å². The van der Waals surface area contributed by atoms with E-state index in [1.165, 1.54) is 13.0 Å². The zero-order chi connectivity index (χ0) is 10.8. The Labute approximate surface area is 84.6 Å². The van der Waals surface area contributed by atoms with Crippen LogP contribution in [0, 0.1) is 0 Å². The van der Waals surface area contributed by atoms with Gasteiger partial charge in [-0.1, -0.05) is 20.8 Å². The summed E-state index contributed by atoms with van der Waals surface area (Å²) in [7, 11) is 0. The highest BCUT2D eigenvalue weighted by molar-refractivity contribution is 5.91. The third kappa shape index (κ3) is 2.87. The van der Waals surface area contributed by atoms with Crippen LogP contribution >= 0.6 is 0 Å². The van der Waals surface area contributed by atoms with E-state index in [4.69, 9.17) is 4.42 Å². The van der Waals surface area contributed by atoms with E-state index >= 15 is 0 Å². The molecule has 1 rings (SSSR count). The predicted molar refractivity (Wildman–Crippen MR) is 57.1 cm³/mol. The minimum atomic E-state index is 0.0162. The molecule has 0 saturated heterocycles. The minimum Gasteiger partial charge on any atom is -0.461 e. The number of carbonyl (C=O) groups excluding carboxylic acids is 1. The van der Waals surface area contributed by atoms with Crippen LogP contribution in [0.4, 0.5) is 0 Å². The second-order valence-electron chi connectivity index (χ2n) is 4.40. The van der Waals surface area contributed by atoms with E-state index in [2.05, 4.69) is 20.8 Å². The molecule has 76 valence electrons.